The highest BCUT2D eigenvalue weighted by molar-refractivity contribution is 5.85. The zero-order chi connectivity index (χ0) is 20.2. The number of hydrogen-bond acceptors (Lipinski definition) is 3. The number of carbonyl (C=O) groups excluding carboxylic acids is 2. The van der Waals surface area contributed by atoms with Crippen molar-refractivity contribution < 1.29 is 9.59 Å². The number of carbonyl (C=O) groups is 2. The number of nitrogens with zero attached hydrogens (tertiary/aromatic N) is 1. The number of benzene rings is 1. The summed E-state index contributed by atoms with van der Waals surface area (Å²) in [7, 11) is 0. The molecule has 0 radical (unpaired) electrons. The van der Waals surface area contributed by atoms with Gasteiger partial charge in [0.2, 0.25) is 11.8 Å². The summed E-state index contributed by atoms with van der Waals surface area (Å²) >= 11 is 0. The van der Waals surface area contributed by atoms with E-state index in [1.54, 1.807) is 0 Å². The van der Waals surface area contributed by atoms with Crippen molar-refractivity contribution >= 4 is 24.2 Å². The van der Waals surface area contributed by atoms with Gasteiger partial charge in [-0.3, -0.25) is 9.59 Å². The first-order valence-corrected chi connectivity index (χ1v) is 11.6. The quantitative estimate of drug-likeness (QED) is 0.745. The van der Waals surface area contributed by atoms with E-state index in [0.717, 1.165) is 44.3 Å². The molecule has 0 bridgehead atoms. The molecule has 2 heterocycles. The van der Waals surface area contributed by atoms with Gasteiger partial charge in [0.05, 0.1) is 12.0 Å². The van der Waals surface area contributed by atoms with E-state index >= 15 is 0 Å². The summed E-state index contributed by atoms with van der Waals surface area (Å²) in [6, 6.07) is 10.8. The fourth-order valence-electron chi connectivity index (χ4n) is 5.53. The molecule has 5 nitrogen and oxygen atoms in total. The normalized spacial score (nSPS) is 27.6. The van der Waals surface area contributed by atoms with Gasteiger partial charge in [-0.2, -0.15) is 0 Å². The number of halogens is 1. The largest absolute Gasteiger partial charge is 0.352 e. The Kier molecular flexibility index (Phi) is 8.18. The first-order valence-electron chi connectivity index (χ1n) is 11.6. The minimum absolute atomic E-state index is 0. The molecule has 4 unspecified atom stereocenters. The molecule has 6 heteroatoms. The molecular weight excluding hydrogens is 398 g/mol. The third-order valence-electron chi connectivity index (χ3n) is 7.24. The minimum atomic E-state index is -0.0617. The van der Waals surface area contributed by atoms with Gasteiger partial charge in [-0.25, -0.2) is 0 Å². The van der Waals surface area contributed by atoms with Crippen LogP contribution in [0.2, 0.25) is 0 Å². The van der Waals surface area contributed by atoms with E-state index in [-0.39, 0.29) is 42.2 Å². The lowest BCUT2D eigenvalue weighted by Crippen LogP contribution is -2.51. The third-order valence-corrected chi connectivity index (χ3v) is 7.24. The lowest BCUT2D eigenvalue weighted by Gasteiger charge is -2.35. The molecule has 166 valence electrons. The highest BCUT2D eigenvalue weighted by Crippen LogP contribution is 2.33. The van der Waals surface area contributed by atoms with Gasteiger partial charge in [-0.05, 0) is 50.0 Å². The Labute approximate surface area is 186 Å². The second-order valence-corrected chi connectivity index (χ2v) is 9.09. The predicted molar refractivity (Wildman–Crippen MR) is 122 cm³/mol. The maximum atomic E-state index is 13.0. The molecule has 3 aliphatic rings. The van der Waals surface area contributed by atoms with Gasteiger partial charge in [0.25, 0.3) is 0 Å². The monoisotopic (exact) mass is 433 g/mol. The lowest BCUT2D eigenvalue weighted by atomic mass is 9.85. The molecule has 2 saturated heterocycles. The highest BCUT2D eigenvalue weighted by Gasteiger charge is 2.39. The van der Waals surface area contributed by atoms with Crippen LogP contribution in [-0.4, -0.2) is 47.9 Å². The van der Waals surface area contributed by atoms with Gasteiger partial charge in [-0.15, -0.1) is 12.4 Å². The topological polar surface area (TPSA) is 61.4 Å². The van der Waals surface area contributed by atoms with E-state index in [2.05, 4.69) is 17.6 Å². The summed E-state index contributed by atoms with van der Waals surface area (Å²) in [5.74, 6) is 1.02. The summed E-state index contributed by atoms with van der Waals surface area (Å²) in [5, 5.41) is 6.84. The Hall–Kier alpha value is -1.59. The van der Waals surface area contributed by atoms with E-state index in [0.29, 0.717) is 12.0 Å². The molecule has 0 aromatic heterocycles. The van der Waals surface area contributed by atoms with Gasteiger partial charge in [0.15, 0.2) is 0 Å². The van der Waals surface area contributed by atoms with E-state index < -0.39 is 0 Å². The van der Waals surface area contributed by atoms with Crippen molar-refractivity contribution in [1.29, 1.82) is 0 Å². The van der Waals surface area contributed by atoms with Gasteiger partial charge < -0.3 is 15.5 Å². The number of likely N-dealkylation sites (tertiary alicyclic amines) is 1. The fourth-order valence-corrected chi connectivity index (χ4v) is 5.53. The number of piperidine rings is 1. The Morgan fingerprint density at radius 2 is 1.80 bits per heavy atom. The number of hydrogen-bond donors (Lipinski definition) is 2. The Morgan fingerprint density at radius 1 is 1.10 bits per heavy atom. The fraction of sp³-hybridized carbons (Fsp3) is 0.667. The van der Waals surface area contributed by atoms with E-state index in [1.807, 2.05) is 35.2 Å². The summed E-state index contributed by atoms with van der Waals surface area (Å²) in [4.78, 5) is 27.8. The van der Waals surface area contributed by atoms with Crippen LogP contribution in [0.1, 0.15) is 69.8 Å². The molecule has 30 heavy (non-hydrogen) atoms. The SMILES string of the molecule is CCC(C(=O)N1CCC(NC(=O)C2CC3CCCCC3N2)CC1)c1ccccc1.Cl. The maximum Gasteiger partial charge on any atom is 0.237 e. The smallest absolute Gasteiger partial charge is 0.237 e. The second-order valence-electron chi connectivity index (χ2n) is 9.09. The van der Waals surface area contributed by atoms with E-state index in [9.17, 15) is 9.59 Å². The highest BCUT2D eigenvalue weighted by atomic mass is 35.5. The number of rotatable bonds is 5. The van der Waals surface area contributed by atoms with Crippen molar-refractivity contribution in [2.45, 2.75) is 82.3 Å². The maximum absolute atomic E-state index is 13.0. The second kappa shape index (κ2) is 10.6. The van der Waals surface area contributed by atoms with Crippen LogP contribution in [0.3, 0.4) is 0 Å². The van der Waals surface area contributed by atoms with Crippen molar-refractivity contribution in [3.63, 3.8) is 0 Å². The minimum Gasteiger partial charge on any atom is -0.352 e. The van der Waals surface area contributed by atoms with Gasteiger partial charge >= 0.3 is 0 Å². The number of amides is 2. The molecule has 4 atom stereocenters. The van der Waals surface area contributed by atoms with Crippen LogP contribution < -0.4 is 10.6 Å². The zero-order valence-corrected chi connectivity index (χ0v) is 18.8. The summed E-state index contributed by atoms with van der Waals surface area (Å²) in [6.45, 7) is 3.54. The van der Waals surface area contributed by atoms with Crippen LogP contribution in [-0.2, 0) is 9.59 Å². The lowest BCUT2D eigenvalue weighted by molar-refractivity contribution is -0.134. The van der Waals surface area contributed by atoms with Crippen LogP contribution in [0.15, 0.2) is 30.3 Å². The molecule has 2 N–H and O–H groups in total. The van der Waals surface area contributed by atoms with E-state index in [1.165, 1.54) is 25.7 Å². The molecule has 1 saturated carbocycles. The van der Waals surface area contributed by atoms with Crippen LogP contribution in [0.4, 0.5) is 0 Å². The molecule has 1 aromatic carbocycles. The van der Waals surface area contributed by atoms with Crippen molar-refractivity contribution in [1.82, 2.24) is 15.5 Å². The van der Waals surface area contributed by atoms with Crippen molar-refractivity contribution in [3.8, 4) is 0 Å². The molecule has 3 fully saturated rings. The van der Waals surface area contributed by atoms with Crippen molar-refractivity contribution in [2.24, 2.45) is 5.92 Å². The Morgan fingerprint density at radius 3 is 2.47 bits per heavy atom. The van der Waals surface area contributed by atoms with Crippen LogP contribution >= 0.6 is 12.4 Å². The number of fused-ring (bicyclic) bond motifs is 1. The standard InChI is InChI=1S/C24H35N3O2.ClH/c1-2-20(17-8-4-3-5-9-17)24(29)27-14-12-19(13-15-27)25-23(28)22-16-18-10-6-7-11-21(18)26-22;/h3-5,8-9,18-22,26H,2,6-7,10-16H2,1H3,(H,25,28);1H. The predicted octanol–water partition coefficient (Wildman–Crippen LogP) is 3.63. The molecule has 4 rings (SSSR count). The van der Waals surface area contributed by atoms with Crippen LogP contribution in [0.5, 0.6) is 0 Å². The zero-order valence-electron chi connectivity index (χ0n) is 18.0. The Balaban J connectivity index is 0.00000256. The van der Waals surface area contributed by atoms with Gasteiger partial charge in [-0.1, -0.05) is 50.1 Å². The molecule has 2 amide bonds. The third kappa shape index (κ3) is 5.17. The molecule has 0 spiro atoms. The summed E-state index contributed by atoms with van der Waals surface area (Å²) in [6.07, 6.45) is 8.59. The molecule has 2 aliphatic heterocycles. The molecular formula is C24H36ClN3O2. The van der Waals surface area contributed by atoms with E-state index in [4.69, 9.17) is 0 Å². The first-order chi connectivity index (χ1) is 14.2. The Bertz CT molecular complexity index is 692. The average molecular weight is 434 g/mol. The number of nitrogens with one attached hydrogen (secondary N) is 2. The van der Waals surface area contributed by atoms with Crippen LogP contribution in [0, 0.1) is 5.92 Å². The van der Waals surface area contributed by atoms with Crippen molar-refractivity contribution in [2.75, 3.05) is 13.1 Å². The summed E-state index contributed by atoms with van der Waals surface area (Å²) in [5.41, 5.74) is 1.10. The summed E-state index contributed by atoms with van der Waals surface area (Å²) < 4.78 is 0. The molecule has 1 aliphatic carbocycles. The molecule has 1 aromatic rings. The average Bonchev–Trinajstić information content (AvgIpc) is 3.20. The first kappa shape index (κ1) is 23.1. The van der Waals surface area contributed by atoms with Crippen LogP contribution in [0.25, 0.3) is 0 Å². The van der Waals surface area contributed by atoms with Crippen molar-refractivity contribution in [3.05, 3.63) is 35.9 Å². The van der Waals surface area contributed by atoms with Gasteiger partial charge in [0, 0.05) is 25.2 Å². The van der Waals surface area contributed by atoms with Gasteiger partial charge in [0.1, 0.15) is 0 Å².